The van der Waals surface area contributed by atoms with Gasteiger partial charge in [-0.3, -0.25) is 9.59 Å². The van der Waals surface area contributed by atoms with Gasteiger partial charge in [-0.2, -0.15) is 0 Å². The number of nitrogens with zero attached hydrogens (tertiary/aromatic N) is 2. The summed E-state index contributed by atoms with van der Waals surface area (Å²) in [6.45, 7) is 0. The maximum atomic E-state index is 11.4. The van der Waals surface area contributed by atoms with Crippen molar-refractivity contribution >= 4 is 23.4 Å². The monoisotopic (exact) mass is 288 g/mol. The minimum atomic E-state index is -0.929. The maximum absolute atomic E-state index is 11.4. The molecule has 5 heteroatoms. The standard InChI is InChI=1S/C16H20N2O3/c1-17-13-4-3-11(9-14(13)18(2)15(17)10-19)16(21)7-5-12(20)6-8-16/h3-4,9-10,15,21H,5-8H2,1-2H3. The molecule has 0 amide bonds. The predicted molar refractivity (Wildman–Crippen MR) is 80.5 cm³/mol. The van der Waals surface area contributed by atoms with Crippen LogP contribution in [0.1, 0.15) is 31.2 Å². The van der Waals surface area contributed by atoms with Crippen molar-refractivity contribution in [2.75, 3.05) is 23.9 Å². The molecule has 5 nitrogen and oxygen atoms in total. The van der Waals surface area contributed by atoms with Crippen LogP contribution < -0.4 is 9.80 Å². The third-order valence-electron chi connectivity index (χ3n) is 4.82. The summed E-state index contributed by atoms with van der Waals surface area (Å²) < 4.78 is 0. The highest BCUT2D eigenvalue weighted by molar-refractivity contribution is 5.86. The number of aliphatic hydroxyl groups is 1. The lowest BCUT2D eigenvalue weighted by molar-refractivity contribution is -0.125. The van der Waals surface area contributed by atoms with E-state index in [1.807, 2.05) is 42.1 Å². The van der Waals surface area contributed by atoms with E-state index >= 15 is 0 Å². The summed E-state index contributed by atoms with van der Waals surface area (Å²) in [5, 5.41) is 10.8. The molecule has 1 aliphatic carbocycles. The Labute approximate surface area is 124 Å². The first-order valence-corrected chi connectivity index (χ1v) is 7.26. The molecule has 0 bridgehead atoms. The Kier molecular flexibility index (Phi) is 3.24. The molecule has 2 aliphatic rings. The first-order chi connectivity index (χ1) is 9.96. The number of aldehydes is 1. The molecule has 1 saturated carbocycles. The van der Waals surface area contributed by atoms with Gasteiger partial charge in [0, 0.05) is 26.9 Å². The summed E-state index contributed by atoms with van der Waals surface area (Å²) in [4.78, 5) is 26.4. The lowest BCUT2D eigenvalue weighted by Gasteiger charge is -2.32. The molecular formula is C16H20N2O3. The van der Waals surface area contributed by atoms with Crippen LogP contribution in [0.4, 0.5) is 11.4 Å². The van der Waals surface area contributed by atoms with E-state index in [-0.39, 0.29) is 11.9 Å². The molecular weight excluding hydrogens is 268 g/mol. The highest BCUT2D eigenvalue weighted by Gasteiger charge is 2.37. The Hall–Kier alpha value is -1.88. The van der Waals surface area contributed by atoms with Crippen molar-refractivity contribution in [2.24, 2.45) is 0 Å². The minimum absolute atomic E-state index is 0.221. The number of rotatable bonds is 2. The molecule has 1 unspecified atom stereocenters. The van der Waals surface area contributed by atoms with Gasteiger partial charge in [-0.15, -0.1) is 0 Å². The quantitative estimate of drug-likeness (QED) is 0.834. The van der Waals surface area contributed by atoms with Crippen molar-refractivity contribution in [3.8, 4) is 0 Å². The largest absolute Gasteiger partial charge is 0.385 e. The number of fused-ring (bicyclic) bond motifs is 1. The van der Waals surface area contributed by atoms with E-state index in [0.717, 1.165) is 23.2 Å². The number of benzene rings is 1. The first-order valence-electron chi connectivity index (χ1n) is 7.26. The number of carbonyl (C=O) groups excluding carboxylic acids is 2. The second kappa shape index (κ2) is 4.84. The molecule has 21 heavy (non-hydrogen) atoms. The molecule has 1 aromatic carbocycles. The Morgan fingerprint density at radius 3 is 2.43 bits per heavy atom. The van der Waals surface area contributed by atoms with Crippen molar-refractivity contribution < 1.29 is 14.7 Å². The van der Waals surface area contributed by atoms with Crippen LogP contribution in [0.5, 0.6) is 0 Å². The molecule has 1 fully saturated rings. The average Bonchev–Trinajstić information content (AvgIpc) is 2.73. The molecule has 3 rings (SSSR count). The third kappa shape index (κ3) is 2.12. The van der Waals surface area contributed by atoms with Gasteiger partial charge in [0.1, 0.15) is 5.78 Å². The minimum Gasteiger partial charge on any atom is -0.385 e. The summed E-state index contributed by atoms with van der Waals surface area (Å²) >= 11 is 0. The van der Waals surface area contributed by atoms with E-state index in [1.165, 1.54) is 0 Å². The van der Waals surface area contributed by atoms with Crippen molar-refractivity contribution in [3.05, 3.63) is 23.8 Å². The molecule has 112 valence electrons. The predicted octanol–water partition coefficient (Wildman–Crippen LogP) is 1.43. The zero-order chi connectivity index (χ0) is 15.2. The fraction of sp³-hybridized carbons (Fsp3) is 0.500. The van der Waals surface area contributed by atoms with E-state index in [2.05, 4.69) is 0 Å². The van der Waals surface area contributed by atoms with Gasteiger partial charge in [-0.25, -0.2) is 0 Å². The van der Waals surface area contributed by atoms with Crippen LogP contribution >= 0.6 is 0 Å². The number of likely N-dealkylation sites (N-methyl/N-ethyl adjacent to an activating group) is 2. The highest BCUT2D eigenvalue weighted by atomic mass is 16.3. The van der Waals surface area contributed by atoms with Gasteiger partial charge in [0.15, 0.2) is 12.5 Å². The lowest BCUT2D eigenvalue weighted by Crippen LogP contribution is -2.40. The third-order valence-corrected chi connectivity index (χ3v) is 4.82. The second-order valence-electron chi connectivity index (χ2n) is 6.05. The van der Waals surface area contributed by atoms with E-state index in [4.69, 9.17) is 0 Å². The number of carbonyl (C=O) groups is 2. The Balaban J connectivity index is 1.96. The highest BCUT2D eigenvalue weighted by Crippen LogP contribution is 2.42. The number of Topliss-reactive ketones (excluding diaryl/α,β-unsaturated/α-hetero) is 1. The zero-order valence-electron chi connectivity index (χ0n) is 12.4. The first kappa shape index (κ1) is 14.1. The van der Waals surface area contributed by atoms with E-state index in [1.54, 1.807) is 0 Å². The van der Waals surface area contributed by atoms with Crippen LogP contribution in [0, 0.1) is 0 Å². The molecule has 0 spiro atoms. The molecule has 1 N–H and O–H groups in total. The van der Waals surface area contributed by atoms with Crippen LogP contribution in [-0.2, 0) is 15.2 Å². The Morgan fingerprint density at radius 1 is 1.19 bits per heavy atom. The normalized spacial score (nSPS) is 24.1. The summed E-state index contributed by atoms with van der Waals surface area (Å²) in [7, 11) is 3.76. The van der Waals surface area contributed by atoms with Gasteiger partial charge in [0.05, 0.1) is 17.0 Å². The van der Waals surface area contributed by atoms with Gasteiger partial charge in [0.25, 0.3) is 0 Å². The summed E-state index contributed by atoms with van der Waals surface area (Å²) in [6.07, 6.45) is 2.41. The number of hydrogen-bond donors (Lipinski definition) is 1. The SMILES string of the molecule is CN1c2ccc(C3(O)CCC(=O)CC3)cc2N(C)C1C=O. The van der Waals surface area contributed by atoms with Gasteiger partial charge >= 0.3 is 0 Å². The smallest absolute Gasteiger partial charge is 0.162 e. The molecule has 0 aromatic heterocycles. The Morgan fingerprint density at radius 2 is 1.81 bits per heavy atom. The molecule has 1 atom stereocenters. The number of hydrogen-bond acceptors (Lipinski definition) is 5. The maximum Gasteiger partial charge on any atom is 0.162 e. The van der Waals surface area contributed by atoms with Gasteiger partial charge in [0.2, 0.25) is 0 Å². The molecule has 1 heterocycles. The van der Waals surface area contributed by atoms with Crippen LogP contribution in [0.15, 0.2) is 18.2 Å². The van der Waals surface area contributed by atoms with Crippen LogP contribution in [0.3, 0.4) is 0 Å². The molecule has 1 aliphatic heterocycles. The van der Waals surface area contributed by atoms with Gasteiger partial charge < -0.3 is 14.9 Å². The molecule has 0 radical (unpaired) electrons. The van der Waals surface area contributed by atoms with Crippen LogP contribution in [0.2, 0.25) is 0 Å². The Bertz CT molecular complexity index is 589. The topological polar surface area (TPSA) is 60.9 Å². The van der Waals surface area contributed by atoms with E-state index in [9.17, 15) is 14.7 Å². The fourth-order valence-electron chi connectivity index (χ4n) is 3.35. The molecule has 0 saturated heterocycles. The lowest BCUT2D eigenvalue weighted by atomic mass is 9.79. The van der Waals surface area contributed by atoms with Gasteiger partial charge in [-0.05, 0) is 30.5 Å². The van der Waals surface area contributed by atoms with Gasteiger partial charge in [-0.1, -0.05) is 6.07 Å². The zero-order valence-corrected chi connectivity index (χ0v) is 12.4. The van der Waals surface area contributed by atoms with Crippen LogP contribution in [0.25, 0.3) is 0 Å². The fourth-order valence-corrected chi connectivity index (χ4v) is 3.35. The van der Waals surface area contributed by atoms with Crippen molar-refractivity contribution in [1.29, 1.82) is 0 Å². The number of anilines is 2. The van der Waals surface area contributed by atoms with Crippen molar-refractivity contribution in [1.82, 2.24) is 0 Å². The summed E-state index contributed by atoms with van der Waals surface area (Å²) in [5.74, 6) is 0.221. The summed E-state index contributed by atoms with van der Waals surface area (Å²) in [6, 6.07) is 5.80. The number of ketones is 1. The van der Waals surface area contributed by atoms with Crippen molar-refractivity contribution in [2.45, 2.75) is 37.5 Å². The summed E-state index contributed by atoms with van der Waals surface area (Å²) in [5.41, 5.74) is 1.83. The molecule has 1 aromatic rings. The van der Waals surface area contributed by atoms with Crippen molar-refractivity contribution in [3.63, 3.8) is 0 Å². The van der Waals surface area contributed by atoms with E-state index in [0.29, 0.717) is 25.7 Å². The second-order valence-corrected chi connectivity index (χ2v) is 6.05. The average molecular weight is 288 g/mol. The van der Waals surface area contributed by atoms with E-state index < -0.39 is 5.60 Å². The van der Waals surface area contributed by atoms with Crippen LogP contribution in [-0.4, -0.2) is 37.4 Å².